The molecule has 0 bridgehead atoms. The summed E-state index contributed by atoms with van der Waals surface area (Å²) in [6.45, 7) is 3.42. The van der Waals surface area contributed by atoms with E-state index in [4.69, 9.17) is 11.6 Å². The third-order valence-corrected chi connectivity index (χ3v) is 7.20. The van der Waals surface area contributed by atoms with Gasteiger partial charge in [0.1, 0.15) is 11.5 Å². The summed E-state index contributed by atoms with van der Waals surface area (Å²) in [7, 11) is -4.05. The highest BCUT2D eigenvalue weighted by atomic mass is 35.5. The second kappa shape index (κ2) is 7.42. The first-order valence-corrected chi connectivity index (χ1v) is 11.0. The fourth-order valence-corrected chi connectivity index (χ4v) is 5.05. The number of aryl methyl sites for hydroxylation is 1. The number of hydrogen-bond donors (Lipinski definition) is 1. The van der Waals surface area contributed by atoms with Crippen LogP contribution in [-0.4, -0.2) is 13.4 Å². The predicted octanol–water partition coefficient (Wildman–Crippen LogP) is 5.82. The number of pyridine rings is 1. The smallest absolute Gasteiger partial charge is 0.338 e. The number of nitrogens with zero attached hydrogens (tertiary/aromatic N) is 2. The van der Waals surface area contributed by atoms with Gasteiger partial charge >= 0.3 is 6.18 Å². The number of nitrogens with one attached hydrogen (secondary N) is 1. The maximum Gasteiger partial charge on any atom is 0.433 e. The van der Waals surface area contributed by atoms with E-state index in [1.165, 1.54) is 34.6 Å². The zero-order valence-corrected chi connectivity index (χ0v) is 18.0. The minimum Gasteiger partial charge on any atom is -0.338 e. The molecule has 162 valence electrons. The lowest BCUT2D eigenvalue weighted by atomic mass is 10.1. The van der Waals surface area contributed by atoms with Gasteiger partial charge in [-0.05, 0) is 61.4 Å². The average molecular weight is 468 g/mol. The van der Waals surface area contributed by atoms with Gasteiger partial charge in [0.15, 0.2) is 0 Å². The summed E-state index contributed by atoms with van der Waals surface area (Å²) in [5, 5.41) is 3.30. The first-order valence-electron chi connectivity index (χ1n) is 9.21. The molecule has 0 unspecified atom stereocenters. The molecule has 2 heterocycles. The topological polar surface area (TPSA) is 62.3 Å². The van der Waals surface area contributed by atoms with Crippen LogP contribution in [-0.2, 0) is 22.7 Å². The summed E-state index contributed by atoms with van der Waals surface area (Å²) in [5.74, 6) is -0.0341. The number of fused-ring (bicyclic) bond motifs is 2. The molecule has 31 heavy (non-hydrogen) atoms. The van der Waals surface area contributed by atoms with Crippen LogP contribution in [0.25, 0.3) is 0 Å². The van der Waals surface area contributed by atoms with Crippen molar-refractivity contribution >= 4 is 38.8 Å². The lowest BCUT2D eigenvalue weighted by Gasteiger charge is -2.26. The van der Waals surface area contributed by atoms with Crippen LogP contribution in [0.2, 0.25) is 5.02 Å². The molecule has 3 aromatic rings. The Morgan fingerprint density at radius 1 is 1.03 bits per heavy atom. The normalized spacial score (nSPS) is 13.8. The Bertz CT molecular complexity index is 1280. The molecule has 0 fully saturated rings. The number of anilines is 3. The van der Waals surface area contributed by atoms with Crippen LogP contribution in [0.1, 0.15) is 22.4 Å². The number of aromatic nitrogens is 1. The van der Waals surface area contributed by atoms with Gasteiger partial charge in [-0.3, -0.25) is 4.31 Å². The van der Waals surface area contributed by atoms with Crippen molar-refractivity contribution in [2.24, 2.45) is 0 Å². The number of hydrogen-bond acceptors (Lipinski definition) is 4. The maximum atomic E-state index is 13.6. The van der Waals surface area contributed by atoms with Crippen molar-refractivity contribution in [2.45, 2.75) is 31.5 Å². The molecule has 0 spiro atoms. The van der Waals surface area contributed by atoms with Crippen molar-refractivity contribution in [3.63, 3.8) is 0 Å². The SMILES string of the molecule is Cc1ccc2c(c1C)N(S(=O)(=O)c1ccc(Cl)cc1)Cc1ccc(C(F)(F)F)nc1N2. The molecule has 1 N–H and O–H groups in total. The standard InChI is InChI=1S/C21H17ClF3N3O2S/c1-12-3-9-17-19(13(12)2)28(31(29,30)16-7-5-15(22)6-8-16)11-14-4-10-18(21(23,24)25)27-20(14)26-17/h3-10H,11H2,1-2H3,(H,26,27). The second-order valence-corrected chi connectivity index (χ2v) is 9.49. The molecule has 0 saturated heterocycles. The molecule has 0 atom stereocenters. The molecule has 1 aliphatic heterocycles. The number of benzene rings is 2. The summed E-state index contributed by atoms with van der Waals surface area (Å²) < 4.78 is 67.9. The maximum absolute atomic E-state index is 13.6. The fraction of sp³-hybridized carbons (Fsp3) is 0.190. The van der Waals surface area contributed by atoms with Gasteiger partial charge in [0.25, 0.3) is 10.0 Å². The third kappa shape index (κ3) is 3.83. The molecular formula is C21H17ClF3N3O2S. The van der Waals surface area contributed by atoms with E-state index < -0.39 is 21.9 Å². The lowest BCUT2D eigenvalue weighted by Crippen LogP contribution is -2.31. The monoisotopic (exact) mass is 467 g/mol. The fourth-order valence-electron chi connectivity index (χ4n) is 3.41. The first kappa shape index (κ1) is 21.5. The summed E-state index contributed by atoms with van der Waals surface area (Å²) in [6, 6.07) is 11.2. The van der Waals surface area contributed by atoms with Crippen LogP contribution in [0.15, 0.2) is 53.4 Å². The molecule has 1 aliphatic rings. The molecule has 0 radical (unpaired) electrons. The van der Waals surface area contributed by atoms with Gasteiger partial charge in [-0.25, -0.2) is 13.4 Å². The molecule has 5 nitrogen and oxygen atoms in total. The predicted molar refractivity (Wildman–Crippen MR) is 113 cm³/mol. The van der Waals surface area contributed by atoms with Gasteiger partial charge < -0.3 is 5.32 Å². The minimum atomic E-state index is -4.62. The zero-order chi connectivity index (χ0) is 22.6. The van der Waals surface area contributed by atoms with Gasteiger partial charge in [0, 0.05) is 10.6 Å². The number of alkyl halides is 3. The molecule has 0 saturated carbocycles. The zero-order valence-electron chi connectivity index (χ0n) is 16.5. The van der Waals surface area contributed by atoms with E-state index in [0.29, 0.717) is 27.5 Å². The third-order valence-electron chi connectivity index (χ3n) is 5.19. The van der Waals surface area contributed by atoms with Gasteiger partial charge in [-0.15, -0.1) is 0 Å². The number of sulfonamides is 1. The van der Waals surface area contributed by atoms with Crippen molar-refractivity contribution in [1.29, 1.82) is 0 Å². The van der Waals surface area contributed by atoms with Gasteiger partial charge in [0.2, 0.25) is 0 Å². The van der Waals surface area contributed by atoms with Crippen LogP contribution in [0.3, 0.4) is 0 Å². The van der Waals surface area contributed by atoms with E-state index in [-0.39, 0.29) is 17.3 Å². The van der Waals surface area contributed by atoms with Crippen molar-refractivity contribution in [3.8, 4) is 0 Å². The van der Waals surface area contributed by atoms with E-state index in [9.17, 15) is 21.6 Å². The molecule has 2 aromatic carbocycles. The van der Waals surface area contributed by atoms with Crippen molar-refractivity contribution in [2.75, 3.05) is 9.62 Å². The molecule has 0 amide bonds. The van der Waals surface area contributed by atoms with Crippen LogP contribution >= 0.6 is 11.6 Å². The van der Waals surface area contributed by atoms with Gasteiger partial charge in [0.05, 0.1) is 22.8 Å². The van der Waals surface area contributed by atoms with Crippen LogP contribution in [0.5, 0.6) is 0 Å². The largest absolute Gasteiger partial charge is 0.433 e. The van der Waals surface area contributed by atoms with E-state index in [1.54, 1.807) is 19.1 Å². The van der Waals surface area contributed by atoms with Gasteiger partial charge in [-0.1, -0.05) is 23.7 Å². The molecule has 10 heteroatoms. The highest BCUT2D eigenvalue weighted by molar-refractivity contribution is 7.92. The van der Waals surface area contributed by atoms with Gasteiger partial charge in [-0.2, -0.15) is 13.2 Å². The van der Waals surface area contributed by atoms with Crippen molar-refractivity contribution in [3.05, 3.63) is 75.9 Å². The number of rotatable bonds is 2. The Kier molecular flexibility index (Phi) is 5.13. The van der Waals surface area contributed by atoms with E-state index in [2.05, 4.69) is 10.3 Å². The Labute approximate surface area is 182 Å². The molecule has 1 aromatic heterocycles. The van der Waals surface area contributed by atoms with E-state index in [1.807, 2.05) is 6.92 Å². The molecule has 4 rings (SSSR count). The quantitative estimate of drug-likeness (QED) is 0.515. The molecular weight excluding hydrogens is 451 g/mol. The summed E-state index contributed by atoms with van der Waals surface area (Å²) in [6.07, 6.45) is -4.62. The lowest BCUT2D eigenvalue weighted by molar-refractivity contribution is -0.141. The Balaban J connectivity index is 1.94. The van der Waals surface area contributed by atoms with Crippen LogP contribution in [0.4, 0.5) is 30.4 Å². The summed E-state index contributed by atoms with van der Waals surface area (Å²) >= 11 is 5.90. The van der Waals surface area contributed by atoms with Crippen LogP contribution < -0.4 is 9.62 Å². The summed E-state index contributed by atoms with van der Waals surface area (Å²) in [4.78, 5) is 3.74. The first-order chi connectivity index (χ1) is 14.5. The summed E-state index contributed by atoms with van der Waals surface area (Å²) in [5.41, 5.74) is 1.50. The number of halogens is 4. The highest BCUT2D eigenvalue weighted by Crippen LogP contribution is 2.42. The van der Waals surface area contributed by atoms with Crippen molar-refractivity contribution in [1.82, 2.24) is 4.98 Å². The van der Waals surface area contributed by atoms with Crippen LogP contribution in [0, 0.1) is 13.8 Å². The minimum absolute atomic E-state index is 0.0204. The van der Waals surface area contributed by atoms with Crippen molar-refractivity contribution < 1.29 is 21.6 Å². The Hall–Kier alpha value is -2.78. The molecule has 0 aliphatic carbocycles. The van der Waals surface area contributed by atoms with E-state index in [0.717, 1.165) is 11.6 Å². The van der Waals surface area contributed by atoms with E-state index >= 15 is 0 Å². The Morgan fingerprint density at radius 3 is 2.35 bits per heavy atom. The average Bonchev–Trinajstić information content (AvgIpc) is 2.87. The Morgan fingerprint density at radius 2 is 1.71 bits per heavy atom. The second-order valence-electron chi connectivity index (χ2n) is 7.20. The highest BCUT2D eigenvalue weighted by Gasteiger charge is 2.36.